The van der Waals surface area contributed by atoms with Crippen molar-refractivity contribution in [1.82, 2.24) is 5.06 Å². The summed E-state index contributed by atoms with van der Waals surface area (Å²) in [5.74, 6) is 4.09. The highest BCUT2D eigenvalue weighted by Crippen LogP contribution is 2.54. The maximum absolute atomic E-state index is 6.61. The van der Waals surface area contributed by atoms with Crippen LogP contribution in [0.2, 0.25) is 16.6 Å². The molecule has 4 atom stereocenters. The van der Waals surface area contributed by atoms with Crippen LogP contribution >= 0.6 is 22.6 Å². The van der Waals surface area contributed by atoms with Gasteiger partial charge in [-0.1, -0.05) is 76.1 Å². The van der Waals surface area contributed by atoms with Crippen LogP contribution in [0.4, 0.5) is 0 Å². The number of fused-ring (bicyclic) bond motifs is 1. The van der Waals surface area contributed by atoms with Gasteiger partial charge in [0.15, 0.2) is 0 Å². The number of hydroxylamine groups is 2. The highest BCUT2D eigenvalue weighted by atomic mass is 127. The van der Waals surface area contributed by atoms with Gasteiger partial charge < -0.3 is 0 Å². The van der Waals surface area contributed by atoms with Gasteiger partial charge >= 0.3 is 0 Å². The molecule has 0 N–H and O–H groups in total. The Kier molecular flexibility index (Phi) is 8.01. The van der Waals surface area contributed by atoms with E-state index in [9.17, 15) is 0 Å². The standard InChI is InChI=1S/C25H42INOSi/c1-19(2)29(20(3)4,21(5)6)18-8-7-12-23-24-13-10-16-25(23)15-9-11-22(14-17-26)27(25)28-24/h7,12,19-24H,9-11,13-17H2,1-6H3/b12-7-/t22-,23+,24-,25+/m0/s1. The van der Waals surface area contributed by atoms with Crippen molar-refractivity contribution >= 4 is 30.7 Å². The van der Waals surface area contributed by atoms with Gasteiger partial charge in [-0.15, -0.1) is 5.54 Å². The second-order valence-electron chi connectivity index (χ2n) is 10.5. The minimum Gasteiger partial charge on any atom is -0.294 e. The largest absolute Gasteiger partial charge is 0.294 e. The first-order valence-electron chi connectivity index (χ1n) is 12.0. The fraction of sp³-hybridized carbons (Fsp3) is 0.840. The van der Waals surface area contributed by atoms with Crippen molar-refractivity contribution in [3.05, 3.63) is 12.2 Å². The molecule has 29 heavy (non-hydrogen) atoms. The maximum atomic E-state index is 6.61. The molecule has 0 amide bonds. The molecule has 4 heteroatoms. The zero-order valence-electron chi connectivity index (χ0n) is 19.5. The molecule has 2 nitrogen and oxygen atoms in total. The molecule has 0 aromatic rings. The van der Waals surface area contributed by atoms with Crippen LogP contribution in [0, 0.1) is 17.4 Å². The SMILES string of the molecule is CC(C)[Si](C#C/C=C\[C@@H]1[C@@H]2CCC[C@]13CCC[C@@H](CCI)N3O2)(C(C)C)C(C)C. The summed E-state index contributed by atoms with van der Waals surface area (Å²) in [6.45, 7) is 14.4. The fourth-order valence-corrected chi connectivity index (χ4v) is 12.9. The van der Waals surface area contributed by atoms with E-state index in [1.165, 1.54) is 49.4 Å². The average Bonchev–Trinajstić information content (AvgIpc) is 2.82. The molecular weight excluding hydrogens is 485 g/mol. The summed E-state index contributed by atoms with van der Waals surface area (Å²) in [6, 6.07) is 0.619. The molecule has 3 rings (SSSR count). The third-order valence-electron chi connectivity index (χ3n) is 8.27. The second-order valence-corrected chi connectivity index (χ2v) is 17.2. The van der Waals surface area contributed by atoms with Gasteiger partial charge in [0.05, 0.1) is 11.6 Å². The molecule has 1 spiro atoms. The van der Waals surface area contributed by atoms with Gasteiger partial charge in [0.25, 0.3) is 0 Å². The highest BCUT2D eigenvalue weighted by molar-refractivity contribution is 14.1. The first-order chi connectivity index (χ1) is 13.8. The van der Waals surface area contributed by atoms with Crippen LogP contribution in [0.1, 0.15) is 86.5 Å². The molecule has 3 fully saturated rings. The lowest BCUT2D eigenvalue weighted by Gasteiger charge is -2.48. The number of allylic oxidation sites excluding steroid dienone is 1. The van der Waals surface area contributed by atoms with Gasteiger partial charge in [-0.05, 0) is 67.6 Å². The molecule has 2 bridgehead atoms. The van der Waals surface area contributed by atoms with E-state index in [0.717, 1.165) is 0 Å². The fourth-order valence-electron chi connectivity index (χ4n) is 6.98. The van der Waals surface area contributed by atoms with Gasteiger partial charge in [-0.2, -0.15) is 5.06 Å². The Morgan fingerprint density at radius 2 is 1.69 bits per heavy atom. The smallest absolute Gasteiger partial charge is 0.146 e. The topological polar surface area (TPSA) is 12.5 Å². The van der Waals surface area contributed by atoms with Crippen molar-refractivity contribution in [1.29, 1.82) is 0 Å². The number of rotatable bonds is 6. The summed E-state index contributed by atoms with van der Waals surface area (Å²) in [5.41, 5.74) is 6.20. The van der Waals surface area contributed by atoms with Crippen LogP contribution < -0.4 is 0 Å². The van der Waals surface area contributed by atoms with E-state index in [1.54, 1.807) is 0 Å². The van der Waals surface area contributed by atoms with Crippen LogP contribution in [0.5, 0.6) is 0 Å². The van der Waals surface area contributed by atoms with Crippen molar-refractivity contribution < 1.29 is 4.84 Å². The minimum atomic E-state index is -1.65. The third kappa shape index (κ3) is 4.27. The van der Waals surface area contributed by atoms with Crippen molar-refractivity contribution in [2.45, 2.75) is 121 Å². The molecular formula is C25H42INOSi. The van der Waals surface area contributed by atoms with Crippen LogP contribution in [0.3, 0.4) is 0 Å². The quantitative estimate of drug-likeness (QED) is 0.156. The third-order valence-corrected chi connectivity index (χ3v) is 15.2. The molecule has 1 saturated carbocycles. The summed E-state index contributed by atoms with van der Waals surface area (Å²) < 4.78 is 1.22. The van der Waals surface area contributed by atoms with Crippen molar-refractivity contribution in [2.75, 3.05) is 4.43 Å². The van der Waals surface area contributed by atoms with E-state index in [2.05, 4.69) is 92.8 Å². The Hall–Kier alpha value is 0.167. The Balaban J connectivity index is 1.83. The number of hydrogen-bond donors (Lipinski definition) is 0. The molecule has 0 aromatic carbocycles. The summed E-state index contributed by atoms with van der Waals surface area (Å²) >= 11 is 2.53. The molecule has 0 aromatic heterocycles. The number of alkyl halides is 1. The van der Waals surface area contributed by atoms with Gasteiger partial charge in [0, 0.05) is 16.4 Å². The summed E-state index contributed by atoms with van der Waals surface area (Å²) in [4.78, 5) is 6.61. The van der Waals surface area contributed by atoms with Gasteiger partial charge in [-0.25, -0.2) is 0 Å². The number of piperidine rings is 1. The lowest BCUT2D eigenvalue weighted by atomic mass is 9.67. The van der Waals surface area contributed by atoms with Crippen LogP contribution in [0.25, 0.3) is 0 Å². The average molecular weight is 528 g/mol. The lowest BCUT2D eigenvalue weighted by Crippen LogP contribution is -2.55. The molecule has 2 heterocycles. The molecule has 0 unspecified atom stereocenters. The first kappa shape index (κ1) is 23.8. The zero-order chi connectivity index (χ0) is 21.2. The second kappa shape index (κ2) is 9.75. The first-order valence-corrected chi connectivity index (χ1v) is 15.8. The Labute approximate surface area is 194 Å². The summed E-state index contributed by atoms with van der Waals surface area (Å²) in [6.07, 6.45) is 14.1. The molecule has 2 aliphatic heterocycles. The van der Waals surface area contributed by atoms with Crippen molar-refractivity contribution in [3.8, 4) is 11.5 Å². The van der Waals surface area contributed by atoms with Gasteiger partial charge in [0.2, 0.25) is 0 Å². The minimum absolute atomic E-state index is 0.248. The van der Waals surface area contributed by atoms with E-state index < -0.39 is 8.07 Å². The number of nitrogens with zero attached hydrogens (tertiary/aromatic N) is 1. The lowest BCUT2D eigenvalue weighted by molar-refractivity contribution is -0.221. The molecule has 164 valence electrons. The van der Waals surface area contributed by atoms with Gasteiger partial charge in [-0.3, -0.25) is 4.84 Å². The summed E-state index contributed by atoms with van der Waals surface area (Å²) in [7, 11) is -1.65. The van der Waals surface area contributed by atoms with E-state index in [4.69, 9.17) is 4.84 Å². The molecule has 2 saturated heterocycles. The number of hydrogen-bond acceptors (Lipinski definition) is 2. The van der Waals surface area contributed by atoms with Crippen molar-refractivity contribution in [3.63, 3.8) is 0 Å². The predicted molar refractivity (Wildman–Crippen MR) is 136 cm³/mol. The molecule has 1 aliphatic carbocycles. The Bertz CT molecular complexity index is 621. The van der Waals surface area contributed by atoms with E-state index >= 15 is 0 Å². The monoisotopic (exact) mass is 527 g/mol. The van der Waals surface area contributed by atoms with Crippen LogP contribution in [-0.2, 0) is 4.84 Å². The molecule has 3 aliphatic rings. The van der Waals surface area contributed by atoms with E-state index in [1.807, 2.05) is 0 Å². The van der Waals surface area contributed by atoms with E-state index in [-0.39, 0.29) is 5.54 Å². The zero-order valence-corrected chi connectivity index (χ0v) is 22.7. The van der Waals surface area contributed by atoms with Crippen LogP contribution in [-0.4, -0.2) is 35.2 Å². The molecule has 0 radical (unpaired) electrons. The van der Waals surface area contributed by atoms with Crippen LogP contribution in [0.15, 0.2) is 12.2 Å². The summed E-state index contributed by atoms with van der Waals surface area (Å²) in [5, 5.41) is 2.49. The Morgan fingerprint density at radius 1 is 1.07 bits per heavy atom. The number of halogens is 1. The van der Waals surface area contributed by atoms with Gasteiger partial charge in [0.1, 0.15) is 8.07 Å². The normalized spacial score (nSPS) is 32.8. The van der Waals surface area contributed by atoms with Crippen molar-refractivity contribution in [2.24, 2.45) is 5.92 Å². The Morgan fingerprint density at radius 3 is 2.28 bits per heavy atom. The predicted octanol–water partition coefficient (Wildman–Crippen LogP) is 7.30. The highest BCUT2D eigenvalue weighted by Gasteiger charge is 2.58. The van der Waals surface area contributed by atoms with E-state index in [0.29, 0.717) is 34.7 Å². The maximum Gasteiger partial charge on any atom is 0.146 e.